The monoisotopic (exact) mass is 492 g/mol. The fraction of sp³-hybridized carbons (Fsp3) is 0.208. The second-order valence-corrected chi connectivity index (χ2v) is 8.44. The summed E-state index contributed by atoms with van der Waals surface area (Å²) < 4.78 is 34.2. The van der Waals surface area contributed by atoms with Crippen LogP contribution in [0, 0.1) is 11.6 Å². The number of nitrogens with zero attached hydrogens (tertiary/aromatic N) is 8. The van der Waals surface area contributed by atoms with Gasteiger partial charge in [-0.3, -0.25) is 9.13 Å². The van der Waals surface area contributed by atoms with Gasteiger partial charge in [-0.2, -0.15) is 5.10 Å². The summed E-state index contributed by atoms with van der Waals surface area (Å²) in [5.74, 6) is -1.71. The molecule has 36 heavy (non-hydrogen) atoms. The number of imidazole rings is 1. The Kier molecular flexibility index (Phi) is 6.02. The van der Waals surface area contributed by atoms with Crippen LogP contribution in [0.2, 0.25) is 0 Å². The Hall–Kier alpha value is -4.45. The minimum atomic E-state index is -1.96. The summed E-state index contributed by atoms with van der Waals surface area (Å²) in [6.45, 7) is 1.91. The fourth-order valence-corrected chi connectivity index (χ4v) is 4.22. The Morgan fingerprint density at radius 3 is 2.53 bits per heavy atom. The molecule has 1 N–H and O–H groups in total. The molecule has 0 radical (unpaired) electrons. The molecule has 0 spiro atoms. The molecule has 12 heteroatoms. The van der Waals surface area contributed by atoms with E-state index in [9.17, 15) is 18.7 Å². The molecule has 0 saturated carbocycles. The van der Waals surface area contributed by atoms with E-state index < -0.39 is 29.0 Å². The molecule has 0 saturated heterocycles. The van der Waals surface area contributed by atoms with Crippen LogP contribution in [0.4, 0.5) is 8.78 Å². The number of rotatable bonds is 8. The second-order valence-electron chi connectivity index (χ2n) is 8.44. The highest BCUT2D eigenvalue weighted by Crippen LogP contribution is 2.36. The first kappa shape index (κ1) is 23.3. The van der Waals surface area contributed by atoms with E-state index in [0.717, 1.165) is 11.6 Å². The molecule has 0 aliphatic carbocycles. The van der Waals surface area contributed by atoms with E-state index in [2.05, 4.69) is 20.4 Å². The van der Waals surface area contributed by atoms with Gasteiger partial charge in [0.05, 0.1) is 31.0 Å². The van der Waals surface area contributed by atoms with Crippen molar-refractivity contribution in [1.82, 2.24) is 38.9 Å². The molecule has 3 aromatic heterocycles. The SMILES string of the molecule is C[C@@H](n1ccn(-c2ccc(Cn3ccnn3)cc2)c1=O)[C@](O)(Cn1cncn1)c1ccc(F)cc1F. The van der Waals surface area contributed by atoms with Crippen molar-refractivity contribution in [3.8, 4) is 5.69 Å². The Bertz CT molecular complexity index is 1510. The molecule has 5 aromatic rings. The molecule has 0 bridgehead atoms. The number of benzene rings is 2. The third-order valence-corrected chi connectivity index (χ3v) is 6.21. The van der Waals surface area contributed by atoms with E-state index in [-0.39, 0.29) is 12.1 Å². The lowest BCUT2D eigenvalue weighted by atomic mass is 9.86. The normalized spacial score (nSPS) is 14.0. The second kappa shape index (κ2) is 9.30. The summed E-state index contributed by atoms with van der Waals surface area (Å²) in [7, 11) is 0. The number of halogens is 2. The first-order chi connectivity index (χ1) is 17.3. The topological polar surface area (TPSA) is 109 Å². The predicted molar refractivity (Wildman–Crippen MR) is 124 cm³/mol. The van der Waals surface area contributed by atoms with Crippen LogP contribution < -0.4 is 5.69 Å². The van der Waals surface area contributed by atoms with Gasteiger partial charge >= 0.3 is 5.69 Å². The molecule has 0 unspecified atom stereocenters. The van der Waals surface area contributed by atoms with Crippen LogP contribution in [0.25, 0.3) is 5.69 Å². The highest BCUT2D eigenvalue weighted by molar-refractivity contribution is 5.35. The average Bonchev–Trinajstić information content (AvgIpc) is 3.62. The van der Waals surface area contributed by atoms with Crippen LogP contribution in [0.15, 0.2) is 84.7 Å². The Morgan fingerprint density at radius 2 is 1.86 bits per heavy atom. The number of aliphatic hydroxyl groups is 1. The predicted octanol–water partition coefficient (Wildman–Crippen LogP) is 2.30. The summed E-state index contributed by atoms with van der Waals surface area (Å²) in [5.41, 5.74) is -0.974. The lowest BCUT2D eigenvalue weighted by molar-refractivity contribution is -0.0342. The van der Waals surface area contributed by atoms with Gasteiger partial charge in [0.15, 0.2) is 0 Å². The molecule has 0 aliphatic heterocycles. The van der Waals surface area contributed by atoms with E-state index in [1.54, 1.807) is 42.3 Å². The first-order valence-electron chi connectivity index (χ1n) is 11.1. The molecular formula is C24H22F2N8O2. The highest BCUT2D eigenvalue weighted by Gasteiger charge is 2.41. The summed E-state index contributed by atoms with van der Waals surface area (Å²) in [6.07, 6.45) is 9.09. The zero-order valence-electron chi connectivity index (χ0n) is 19.2. The zero-order chi connectivity index (χ0) is 25.3. The van der Waals surface area contributed by atoms with Gasteiger partial charge < -0.3 is 5.11 Å². The van der Waals surface area contributed by atoms with Crippen LogP contribution in [-0.2, 0) is 18.7 Å². The maximum atomic E-state index is 14.8. The van der Waals surface area contributed by atoms with Crippen LogP contribution >= 0.6 is 0 Å². The van der Waals surface area contributed by atoms with Crippen LogP contribution in [0.1, 0.15) is 24.1 Å². The summed E-state index contributed by atoms with van der Waals surface area (Å²) in [5, 5.41) is 23.5. The van der Waals surface area contributed by atoms with Crippen molar-refractivity contribution in [2.75, 3.05) is 0 Å². The number of hydrogen-bond donors (Lipinski definition) is 1. The smallest absolute Gasteiger partial charge is 0.333 e. The molecule has 2 aromatic carbocycles. The standard InChI is InChI=1S/C24H22F2N8O2/c1-17(24(36,14-32-16-27-15-29-32)21-7-4-19(25)12-22(21)26)33-10-11-34(23(33)35)20-5-2-18(3-6-20)13-31-9-8-28-30-31/h2-12,15-17,36H,13-14H2,1H3/t17-,24-/m1/s1. The average molecular weight is 492 g/mol. The molecular weight excluding hydrogens is 470 g/mol. The van der Waals surface area contributed by atoms with Crippen molar-refractivity contribution in [2.24, 2.45) is 0 Å². The Balaban J connectivity index is 1.49. The van der Waals surface area contributed by atoms with Crippen LogP contribution in [0.3, 0.4) is 0 Å². The van der Waals surface area contributed by atoms with Gasteiger partial charge in [0.1, 0.15) is 29.9 Å². The molecule has 0 fully saturated rings. The van der Waals surface area contributed by atoms with E-state index in [1.807, 2.05) is 12.1 Å². The molecule has 0 amide bonds. The van der Waals surface area contributed by atoms with Crippen molar-refractivity contribution < 1.29 is 13.9 Å². The summed E-state index contributed by atoms with van der Waals surface area (Å²) in [4.78, 5) is 17.2. The lowest BCUT2D eigenvalue weighted by Gasteiger charge is -2.35. The van der Waals surface area contributed by atoms with Crippen molar-refractivity contribution >= 4 is 0 Å². The van der Waals surface area contributed by atoms with Crippen molar-refractivity contribution in [3.05, 3.63) is 113 Å². The van der Waals surface area contributed by atoms with Gasteiger partial charge in [0.2, 0.25) is 0 Å². The highest BCUT2D eigenvalue weighted by atomic mass is 19.1. The van der Waals surface area contributed by atoms with Gasteiger partial charge in [-0.1, -0.05) is 23.4 Å². The summed E-state index contributed by atoms with van der Waals surface area (Å²) >= 11 is 0. The van der Waals surface area contributed by atoms with Gasteiger partial charge in [-0.15, -0.1) is 5.10 Å². The first-order valence-corrected chi connectivity index (χ1v) is 11.1. The van der Waals surface area contributed by atoms with Gasteiger partial charge in [-0.05, 0) is 30.7 Å². The van der Waals surface area contributed by atoms with Crippen LogP contribution in [0.5, 0.6) is 0 Å². The van der Waals surface area contributed by atoms with Crippen molar-refractivity contribution in [1.29, 1.82) is 0 Å². The van der Waals surface area contributed by atoms with E-state index in [0.29, 0.717) is 18.3 Å². The largest absolute Gasteiger partial charge is 0.381 e. The zero-order valence-corrected chi connectivity index (χ0v) is 19.2. The van der Waals surface area contributed by atoms with Crippen LogP contribution in [-0.4, -0.2) is 44.0 Å². The minimum absolute atomic E-state index is 0.163. The van der Waals surface area contributed by atoms with Gasteiger partial charge in [-0.25, -0.2) is 27.9 Å². The van der Waals surface area contributed by atoms with Crippen molar-refractivity contribution in [3.63, 3.8) is 0 Å². The Morgan fingerprint density at radius 1 is 1.06 bits per heavy atom. The van der Waals surface area contributed by atoms with E-state index >= 15 is 0 Å². The van der Waals surface area contributed by atoms with Gasteiger partial charge in [0, 0.05) is 30.2 Å². The minimum Gasteiger partial charge on any atom is -0.381 e. The molecule has 5 rings (SSSR count). The lowest BCUT2D eigenvalue weighted by Crippen LogP contribution is -2.43. The molecule has 184 valence electrons. The molecule has 3 heterocycles. The number of hydrogen-bond acceptors (Lipinski definition) is 6. The Labute approximate surface area is 203 Å². The fourth-order valence-electron chi connectivity index (χ4n) is 4.22. The quantitative estimate of drug-likeness (QED) is 0.356. The van der Waals surface area contributed by atoms with Gasteiger partial charge in [0.25, 0.3) is 0 Å². The molecule has 0 aliphatic rings. The maximum absolute atomic E-state index is 14.8. The van der Waals surface area contributed by atoms with E-state index in [1.165, 1.54) is 38.7 Å². The van der Waals surface area contributed by atoms with E-state index in [4.69, 9.17) is 0 Å². The third kappa shape index (κ3) is 4.33. The summed E-state index contributed by atoms with van der Waals surface area (Å²) in [6, 6.07) is 9.32. The molecule has 10 nitrogen and oxygen atoms in total. The van der Waals surface area contributed by atoms with Crippen molar-refractivity contribution in [2.45, 2.75) is 31.7 Å². The molecule has 2 atom stereocenters. The number of aromatic nitrogens is 8. The maximum Gasteiger partial charge on any atom is 0.333 e. The third-order valence-electron chi connectivity index (χ3n) is 6.21.